The molecule has 0 aliphatic rings. The van der Waals surface area contributed by atoms with Crippen molar-refractivity contribution in [3.63, 3.8) is 0 Å². The van der Waals surface area contributed by atoms with Gasteiger partial charge in [0, 0.05) is 37.4 Å². The van der Waals surface area contributed by atoms with Gasteiger partial charge in [0.2, 0.25) is 0 Å². The fourth-order valence-corrected chi connectivity index (χ4v) is 5.51. The molecule has 2 heterocycles. The highest BCUT2D eigenvalue weighted by atomic mass is 79.9. The average Bonchev–Trinajstić information content (AvgIpc) is 3.37. The van der Waals surface area contributed by atoms with Crippen molar-refractivity contribution in [1.29, 1.82) is 0 Å². The molecule has 34 heavy (non-hydrogen) atoms. The second-order valence-corrected chi connectivity index (χ2v) is 9.39. The summed E-state index contributed by atoms with van der Waals surface area (Å²) >= 11 is 3.68. The summed E-state index contributed by atoms with van der Waals surface area (Å²) < 4.78 is 5.84. The van der Waals surface area contributed by atoms with Gasteiger partial charge in [-0.05, 0) is 49.4 Å². The third kappa shape index (κ3) is 3.08. The zero-order chi connectivity index (χ0) is 23.2. The third-order valence-corrected chi connectivity index (χ3v) is 6.97. The smallest absolute Gasteiger partial charge is 0.0641 e. The first-order valence-electron chi connectivity index (χ1n) is 11.4. The highest BCUT2D eigenvalue weighted by Gasteiger charge is 2.20. The van der Waals surface area contributed by atoms with E-state index in [-0.39, 0.29) is 0 Å². The number of halogens is 1. The van der Waals surface area contributed by atoms with Crippen molar-refractivity contribution in [3.8, 4) is 5.69 Å². The summed E-state index contributed by atoms with van der Waals surface area (Å²) in [5, 5.41) is 5.05. The first-order chi connectivity index (χ1) is 16.7. The van der Waals surface area contributed by atoms with Crippen LogP contribution >= 0.6 is 15.9 Å². The van der Waals surface area contributed by atoms with Crippen LogP contribution in [0, 0.1) is 0 Å². The molecule has 6 rings (SSSR count). The molecule has 0 fully saturated rings. The van der Waals surface area contributed by atoms with Gasteiger partial charge in [0.05, 0.1) is 22.1 Å². The molecule has 0 aliphatic heterocycles. The maximum absolute atomic E-state index is 3.79. The Bertz CT molecular complexity index is 1790. The maximum atomic E-state index is 3.79. The summed E-state index contributed by atoms with van der Waals surface area (Å²) in [6.07, 6.45) is 7.94. The molecule has 0 amide bonds. The Labute approximate surface area is 206 Å². The number of hydrogen-bond donors (Lipinski definition) is 0. The molecule has 0 saturated heterocycles. The van der Waals surface area contributed by atoms with Gasteiger partial charge in [0.1, 0.15) is 0 Å². The van der Waals surface area contributed by atoms with E-state index in [0.717, 1.165) is 15.9 Å². The number of nitrogens with zero attached hydrogens (tertiary/aromatic N) is 2. The van der Waals surface area contributed by atoms with E-state index in [0.29, 0.717) is 0 Å². The Kier molecular flexibility index (Phi) is 5.00. The molecule has 164 valence electrons. The van der Waals surface area contributed by atoms with E-state index in [1.807, 2.05) is 12.2 Å². The molecular formula is C31H23BrN2. The highest BCUT2D eigenvalue weighted by molar-refractivity contribution is 9.10. The first kappa shape index (κ1) is 20.8. The lowest BCUT2D eigenvalue weighted by Gasteiger charge is -2.10. The molecule has 6 aromatic rings. The standard InChI is InChI=1S/C31H23BrN2/c1-3-4-5-11-21(2)33-28-17-9-7-15-26(28)30-29(33)19-18-25-24-14-6-8-16-27(24)34(31(25)30)23-13-10-12-22(32)20-23/h3-20H,1H2,2H3/b5-4-,21-11+. The van der Waals surface area contributed by atoms with Gasteiger partial charge in [0.25, 0.3) is 0 Å². The molecule has 3 heteroatoms. The Morgan fingerprint density at radius 1 is 0.765 bits per heavy atom. The summed E-state index contributed by atoms with van der Waals surface area (Å²) in [6, 6.07) is 30.5. The number of allylic oxidation sites excluding steroid dienone is 5. The summed E-state index contributed by atoms with van der Waals surface area (Å²) in [7, 11) is 0. The fraction of sp³-hybridized carbons (Fsp3) is 0.0323. The highest BCUT2D eigenvalue weighted by Crippen LogP contribution is 2.41. The molecular weight excluding hydrogens is 480 g/mol. The van der Waals surface area contributed by atoms with E-state index in [2.05, 4.69) is 130 Å². The van der Waals surface area contributed by atoms with Crippen LogP contribution in [0.5, 0.6) is 0 Å². The number of benzene rings is 4. The monoisotopic (exact) mass is 502 g/mol. The van der Waals surface area contributed by atoms with Crippen molar-refractivity contribution < 1.29 is 0 Å². The van der Waals surface area contributed by atoms with Crippen molar-refractivity contribution in [2.24, 2.45) is 0 Å². The van der Waals surface area contributed by atoms with E-state index < -0.39 is 0 Å². The van der Waals surface area contributed by atoms with Gasteiger partial charge in [-0.2, -0.15) is 0 Å². The maximum Gasteiger partial charge on any atom is 0.0641 e. The lowest BCUT2D eigenvalue weighted by Crippen LogP contribution is -1.95. The van der Waals surface area contributed by atoms with Crippen LogP contribution in [-0.4, -0.2) is 9.13 Å². The fourth-order valence-electron chi connectivity index (χ4n) is 5.12. The minimum Gasteiger partial charge on any atom is -0.313 e. The van der Waals surface area contributed by atoms with Crippen LogP contribution in [0.25, 0.3) is 55.0 Å². The Morgan fingerprint density at radius 2 is 1.53 bits per heavy atom. The number of fused-ring (bicyclic) bond motifs is 7. The molecule has 2 aromatic heterocycles. The van der Waals surface area contributed by atoms with Crippen LogP contribution in [0.15, 0.2) is 120 Å². The van der Waals surface area contributed by atoms with Gasteiger partial charge >= 0.3 is 0 Å². The second-order valence-electron chi connectivity index (χ2n) is 8.47. The summed E-state index contributed by atoms with van der Waals surface area (Å²) in [6.45, 7) is 5.95. The van der Waals surface area contributed by atoms with Crippen molar-refractivity contribution >= 4 is 65.2 Å². The van der Waals surface area contributed by atoms with E-state index >= 15 is 0 Å². The van der Waals surface area contributed by atoms with Crippen LogP contribution in [0.2, 0.25) is 0 Å². The molecule has 4 aromatic carbocycles. The van der Waals surface area contributed by atoms with Gasteiger partial charge in [-0.15, -0.1) is 0 Å². The summed E-state index contributed by atoms with van der Waals surface area (Å²) in [4.78, 5) is 0. The summed E-state index contributed by atoms with van der Waals surface area (Å²) in [5.74, 6) is 0. The van der Waals surface area contributed by atoms with E-state index in [1.54, 1.807) is 6.08 Å². The topological polar surface area (TPSA) is 9.86 Å². The van der Waals surface area contributed by atoms with Gasteiger partial charge in [-0.1, -0.05) is 89.3 Å². The molecule has 0 bridgehead atoms. The number of para-hydroxylation sites is 2. The van der Waals surface area contributed by atoms with Gasteiger partial charge in [-0.25, -0.2) is 0 Å². The second kappa shape index (κ2) is 8.19. The molecule has 2 nitrogen and oxygen atoms in total. The van der Waals surface area contributed by atoms with Gasteiger partial charge in [0.15, 0.2) is 0 Å². The largest absolute Gasteiger partial charge is 0.313 e. The van der Waals surface area contributed by atoms with E-state index in [4.69, 9.17) is 0 Å². The van der Waals surface area contributed by atoms with Crippen LogP contribution in [0.4, 0.5) is 0 Å². The van der Waals surface area contributed by atoms with Crippen molar-refractivity contribution in [2.45, 2.75) is 6.92 Å². The normalized spacial score (nSPS) is 12.6. The summed E-state index contributed by atoms with van der Waals surface area (Å²) in [5.41, 5.74) is 7.16. The molecule has 0 atom stereocenters. The minimum atomic E-state index is 1.07. The van der Waals surface area contributed by atoms with E-state index in [1.165, 1.54) is 43.6 Å². The quantitative estimate of drug-likeness (QED) is 0.212. The minimum absolute atomic E-state index is 1.07. The van der Waals surface area contributed by atoms with E-state index in [9.17, 15) is 0 Å². The number of aromatic nitrogens is 2. The van der Waals surface area contributed by atoms with Crippen LogP contribution < -0.4 is 0 Å². The van der Waals surface area contributed by atoms with Crippen molar-refractivity contribution in [1.82, 2.24) is 9.13 Å². The molecule has 0 N–H and O–H groups in total. The zero-order valence-corrected chi connectivity index (χ0v) is 20.5. The van der Waals surface area contributed by atoms with Crippen LogP contribution in [0.3, 0.4) is 0 Å². The lowest BCUT2D eigenvalue weighted by molar-refractivity contribution is 1.18. The Hall–Kier alpha value is -3.82. The van der Waals surface area contributed by atoms with Gasteiger partial charge in [-0.3, -0.25) is 0 Å². The SMILES string of the molecule is C=C/C=C\C=C(/C)n1c2ccccc2c2c1ccc1c3ccccc3n(-c3cccc(Br)c3)c12. The Balaban J connectivity index is 1.85. The lowest BCUT2D eigenvalue weighted by atomic mass is 10.1. The molecule has 0 spiro atoms. The van der Waals surface area contributed by atoms with Crippen LogP contribution in [-0.2, 0) is 0 Å². The number of hydrogen-bond acceptors (Lipinski definition) is 0. The van der Waals surface area contributed by atoms with Gasteiger partial charge < -0.3 is 9.13 Å². The number of rotatable bonds is 4. The molecule has 0 aliphatic carbocycles. The zero-order valence-electron chi connectivity index (χ0n) is 18.9. The van der Waals surface area contributed by atoms with Crippen molar-refractivity contribution in [2.75, 3.05) is 0 Å². The molecule has 0 unspecified atom stereocenters. The first-order valence-corrected chi connectivity index (χ1v) is 12.2. The molecule has 0 saturated carbocycles. The average molecular weight is 503 g/mol. The predicted octanol–water partition coefficient (Wildman–Crippen LogP) is 9.26. The third-order valence-electron chi connectivity index (χ3n) is 6.47. The molecule has 0 radical (unpaired) electrons. The van der Waals surface area contributed by atoms with Crippen molar-refractivity contribution in [3.05, 3.63) is 120 Å². The Morgan fingerprint density at radius 3 is 2.32 bits per heavy atom. The van der Waals surface area contributed by atoms with Crippen LogP contribution in [0.1, 0.15) is 6.92 Å². The predicted molar refractivity (Wildman–Crippen MR) is 151 cm³/mol.